The lowest BCUT2D eigenvalue weighted by Crippen LogP contribution is -2.13. The largest absolute Gasteiger partial charge is 0.398 e. The second-order valence-electron chi connectivity index (χ2n) is 18.0. The third kappa shape index (κ3) is 9.58. The zero-order valence-corrected chi connectivity index (χ0v) is 41.3. The van der Waals surface area contributed by atoms with Crippen LogP contribution >= 0.6 is 0 Å². The SMILES string of the molecule is C=C/C=C\C(c1cc2ccccc2c2ccccc12)C(CC)c1ccccc1N.CC.Cc1ccc(C(c2cccc(-c3cc4ccccc4c4ccccc34)c2)c2ccccc2NN)c2ccccc12. The highest BCUT2D eigenvalue weighted by Crippen LogP contribution is 2.45. The number of aryl methyl sites for hydroxylation is 1. The molecule has 5 N–H and O–H groups in total. The van der Waals surface area contributed by atoms with Crippen LogP contribution in [0.3, 0.4) is 0 Å². The van der Waals surface area contributed by atoms with E-state index in [0.29, 0.717) is 0 Å². The van der Waals surface area contributed by atoms with E-state index in [1.54, 1.807) is 0 Å². The van der Waals surface area contributed by atoms with Gasteiger partial charge in [0.15, 0.2) is 0 Å². The van der Waals surface area contributed by atoms with Crippen molar-refractivity contribution in [2.45, 2.75) is 51.9 Å². The molecule has 0 bridgehead atoms. The van der Waals surface area contributed by atoms with Crippen LogP contribution in [0.4, 0.5) is 11.4 Å². The molecule has 11 aromatic rings. The van der Waals surface area contributed by atoms with Gasteiger partial charge in [-0.3, -0.25) is 5.84 Å². The molecular formula is C68H63N3. The van der Waals surface area contributed by atoms with Gasteiger partial charge in [0.05, 0.1) is 5.69 Å². The molecule has 0 aliphatic carbocycles. The molecule has 0 fully saturated rings. The van der Waals surface area contributed by atoms with Gasteiger partial charge in [-0.15, -0.1) is 0 Å². The molecule has 3 nitrogen and oxygen atoms in total. The van der Waals surface area contributed by atoms with Crippen LogP contribution in [0.2, 0.25) is 0 Å². The lowest BCUT2D eigenvalue weighted by atomic mass is 9.77. The second kappa shape index (κ2) is 22.0. The molecule has 0 saturated carbocycles. The van der Waals surface area contributed by atoms with E-state index in [1.807, 2.05) is 38.1 Å². The molecule has 11 aromatic carbocycles. The standard InChI is InChI=1S/C38H30N2.C28H27N.C2H6/c1-25-21-22-34(31-16-5-4-14-29(25)31)38(35-19-8-9-20-37(35)40-39)28-13-10-12-26(23-28)36-24-27-11-2-3-15-30(27)32-17-6-7-18-33(32)36;1-3-5-13-23(21(4-2)26-17-10-11-18-28(26)29)27-19-20-12-6-7-14-22(20)24-15-8-9-16-25(24)27;1-2/h2-24,38,40H,39H2,1H3;3,5-19,21,23H,1,4,29H2,2H3;1-2H3/b;13-5-;. The van der Waals surface area contributed by atoms with Gasteiger partial charge in [-0.05, 0) is 142 Å². The summed E-state index contributed by atoms with van der Waals surface area (Å²) >= 11 is 0. The summed E-state index contributed by atoms with van der Waals surface area (Å²) in [7, 11) is 0. The van der Waals surface area contributed by atoms with Crippen molar-refractivity contribution in [1.29, 1.82) is 0 Å². The third-order valence-corrected chi connectivity index (χ3v) is 14.1. The maximum atomic E-state index is 6.40. The molecule has 0 heterocycles. The molecule has 0 saturated heterocycles. The van der Waals surface area contributed by atoms with Crippen molar-refractivity contribution in [3.05, 3.63) is 277 Å². The minimum atomic E-state index is -0.00980. The third-order valence-electron chi connectivity index (χ3n) is 14.1. The summed E-state index contributed by atoms with van der Waals surface area (Å²) in [6.07, 6.45) is 7.21. The fourth-order valence-corrected chi connectivity index (χ4v) is 10.8. The quantitative estimate of drug-likeness (QED) is 0.0302. The molecule has 71 heavy (non-hydrogen) atoms. The Morgan fingerprint density at radius 3 is 1.68 bits per heavy atom. The smallest absolute Gasteiger partial charge is 0.0526 e. The Labute approximate surface area is 419 Å². The lowest BCUT2D eigenvalue weighted by molar-refractivity contribution is 0.604. The van der Waals surface area contributed by atoms with E-state index in [1.165, 1.54) is 92.8 Å². The van der Waals surface area contributed by atoms with Gasteiger partial charge in [-0.1, -0.05) is 240 Å². The van der Waals surface area contributed by atoms with Crippen molar-refractivity contribution < 1.29 is 0 Å². The number of nitrogens with one attached hydrogen (secondary N) is 1. The maximum absolute atomic E-state index is 6.40. The van der Waals surface area contributed by atoms with E-state index in [4.69, 9.17) is 11.6 Å². The van der Waals surface area contributed by atoms with Crippen molar-refractivity contribution in [3.63, 3.8) is 0 Å². The molecule has 0 amide bonds. The minimum Gasteiger partial charge on any atom is -0.398 e. The predicted molar refractivity (Wildman–Crippen MR) is 310 cm³/mol. The van der Waals surface area contributed by atoms with Crippen molar-refractivity contribution in [1.82, 2.24) is 0 Å². The number of hydrogen-bond acceptors (Lipinski definition) is 3. The Morgan fingerprint density at radius 2 is 1.03 bits per heavy atom. The van der Waals surface area contributed by atoms with Crippen LogP contribution in [0, 0.1) is 6.92 Å². The molecular weight excluding hydrogens is 859 g/mol. The number of nitrogen functional groups attached to an aromatic ring is 2. The zero-order valence-electron chi connectivity index (χ0n) is 41.3. The minimum absolute atomic E-state index is 0.00980. The van der Waals surface area contributed by atoms with Crippen LogP contribution in [-0.2, 0) is 0 Å². The van der Waals surface area contributed by atoms with Gasteiger partial charge < -0.3 is 11.2 Å². The Hall–Kier alpha value is -8.24. The number of para-hydroxylation sites is 2. The van der Waals surface area contributed by atoms with E-state index < -0.39 is 0 Å². The Bertz CT molecular complexity index is 3680. The fraction of sp³-hybridized carbons (Fsp3) is 0.118. The van der Waals surface area contributed by atoms with Crippen molar-refractivity contribution in [2.24, 2.45) is 5.84 Å². The molecule has 11 rings (SSSR count). The molecule has 3 heteroatoms. The predicted octanol–water partition coefficient (Wildman–Crippen LogP) is 18.2. The first-order valence-corrected chi connectivity index (χ1v) is 25.1. The van der Waals surface area contributed by atoms with E-state index >= 15 is 0 Å². The molecule has 3 atom stereocenters. The fourth-order valence-electron chi connectivity index (χ4n) is 10.8. The summed E-state index contributed by atoms with van der Waals surface area (Å²) in [4.78, 5) is 0. The normalized spacial score (nSPS) is 12.5. The summed E-state index contributed by atoms with van der Waals surface area (Å²) in [6.45, 7) is 12.3. The number of benzene rings is 11. The molecule has 350 valence electrons. The van der Waals surface area contributed by atoms with Gasteiger partial charge in [-0.2, -0.15) is 0 Å². The second-order valence-corrected chi connectivity index (χ2v) is 18.0. The van der Waals surface area contributed by atoms with Gasteiger partial charge in [0, 0.05) is 17.5 Å². The average molecular weight is 922 g/mol. The van der Waals surface area contributed by atoms with E-state index in [0.717, 1.165) is 23.4 Å². The highest BCUT2D eigenvalue weighted by molar-refractivity contribution is 6.14. The summed E-state index contributed by atoms with van der Waals surface area (Å²) in [5, 5.41) is 12.8. The lowest BCUT2D eigenvalue weighted by Gasteiger charge is -2.27. The monoisotopic (exact) mass is 922 g/mol. The van der Waals surface area contributed by atoms with Gasteiger partial charge in [-0.25, -0.2) is 0 Å². The van der Waals surface area contributed by atoms with Crippen LogP contribution in [0.5, 0.6) is 0 Å². The highest BCUT2D eigenvalue weighted by atomic mass is 15.2. The van der Waals surface area contributed by atoms with Crippen LogP contribution in [-0.4, -0.2) is 0 Å². The van der Waals surface area contributed by atoms with Crippen LogP contribution in [0.25, 0.3) is 65.0 Å². The van der Waals surface area contributed by atoms with Crippen LogP contribution in [0.1, 0.15) is 78.3 Å². The first-order valence-electron chi connectivity index (χ1n) is 25.1. The van der Waals surface area contributed by atoms with Crippen molar-refractivity contribution in [3.8, 4) is 11.1 Å². The summed E-state index contributed by atoms with van der Waals surface area (Å²) in [6, 6.07) is 78.4. The molecule has 0 spiro atoms. The molecule has 0 aliphatic heterocycles. The van der Waals surface area contributed by atoms with E-state index in [9.17, 15) is 0 Å². The van der Waals surface area contributed by atoms with Crippen molar-refractivity contribution >= 4 is 65.2 Å². The topological polar surface area (TPSA) is 64.1 Å². The molecule has 0 radical (unpaired) electrons. The number of rotatable bonds is 11. The Kier molecular flexibility index (Phi) is 14.8. The molecule has 0 aliphatic rings. The number of nitrogens with two attached hydrogens (primary N) is 2. The number of allylic oxidation sites excluding steroid dienone is 3. The van der Waals surface area contributed by atoms with Gasteiger partial charge in [0.1, 0.15) is 0 Å². The Balaban J connectivity index is 0.000000179. The summed E-state index contributed by atoms with van der Waals surface area (Å²) in [5.41, 5.74) is 21.1. The number of hydrogen-bond donors (Lipinski definition) is 3. The number of anilines is 2. The van der Waals surface area contributed by atoms with Gasteiger partial charge in [0.25, 0.3) is 0 Å². The molecule has 0 aromatic heterocycles. The van der Waals surface area contributed by atoms with E-state index in [2.05, 4.69) is 238 Å². The van der Waals surface area contributed by atoms with E-state index in [-0.39, 0.29) is 17.8 Å². The number of fused-ring (bicyclic) bond motifs is 7. The maximum Gasteiger partial charge on any atom is 0.0526 e. The summed E-state index contributed by atoms with van der Waals surface area (Å²) in [5.74, 6) is 6.55. The Morgan fingerprint density at radius 1 is 0.493 bits per heavy atom. The van der Waals surface area contributed by atoms with Crippen LogP contribution in [0.15, 0.2) is 243 Å². The van der Waals surface area contributed by atoms with Crippen LogP contribution < -0.4 is 17.0 Å². The van der Waals surface area contributed by atoms with Gasteiger partial charge in [0.2, 0.25) is 0 Å². The zero-order chi connectivity index (χ0) is 49.3. The van der Waals surface area contributed by atoms with Gasteiger partial charge >= 0.3 is 0 Å². The molecule has 3 unspecified atom stereocenters. The highest BCUT2D eigenvalue weighted by Gasteiger charge is 2.26. The average Bonchev–Trinajstić information content (AvgIpc) is 3.43. The first-order chi connectivity index (χ1) is 35.0. The number of hydrazine groups is 1. The first kappa shape index (κ1) is 47.8. The summed E-state index contributed by atoms with van der Waals surface area (Å²) < 4.78 is 0. The van der Waals surface area contributed by atoms with Crippen molar-refractivity contribution in [2.75, 3.05) is 11.2 Å².